The predicted molar refractivity (Wildman–Crippen MR) is 123 cm³/mol. The Morgan fingerprint density at radius 2 is 1.47 bits per heavy atom. The number of anilines is 3. The molecule has 2 aliphatic rings. The number of nitrogens with zero attached hydrogens (tertiary/aromatic N) is 6. The van der Waals surface area contributed by atoms with Gasteiger partial charge in [0.05, 0.1) is 13.2 Å². The Balaban J connectivity index is 1.55. The number of amides is 1. The van der Waals surface area contributed by atoms with E-state index in [-0.39, 0.29) is 6.09 Å². The largest absolute Gasteiger partial charge is 0.444 e. The van der Waals surface area contributed by atoms with Gasteiger partial charge in [0.15, 0.2) is 5.82 Å². The lowest BCUT2D eigenvalue weighted by Crippen LogP contribution is -2.50. The van der Waals surface area contributed by atoms with Gasteiger partial charge in [-0.1, -0.05) is 0 Å². The minimum Gasteiger partial charge on any atom is -0.444 e. The van der Waals surface area contributed by atoms with Crippen LogP contribution in [0, 0.1) is 0 Å². The molecule has 2 fully saturated rings. The number of aromatic nitrogens is 3. The van der Waals surface area contributed by atoms with Crippen LogP contribution in [0.2, 0.25) is 0 Å². The van der Waals surface area contributed by atoms with Gasteiger partial charge in [-0.15, -0.1) is 0 Å². The molecule has 0 spiro atoms. The lowest BCUT2D eigenvalue weighted by atomic mass is 10.2. The van der Waals surface area contributed by atoms with Crippen LogP contribution in [0.15, 0.2) is 24.3 Å². The summed E-state index contributed by atoms with van der Waals surface area (Å²) in [5.41, 5.74) is 6.91. The molecule has 0 saturated carbocycles. The van der Waals surface area contributed by atoms with E-state index in [4.69, 9.17) is 30.2 Å². The summed E-state index contributed by atoms with van der Waals surface area (Å²) < 4.78 is 11.0. The summed E-state index contributed by atoms with van der Waals surface area (Å²) in [6.07, 6.45) is -0.288. The predicted octanol–water partition coefficient (Wildman–Crippen LogP) is 2.01. The van der Waals surface area contributed by atoms with Crippen LogP contribution in [-0.4, -0.2) is 84.0 Å². The van der Waals surface area contributed by atoms with Gasteiger partial charge < -0.3 is 29.9 Å². The number of hydrogen-bond donors (Lipinski definition) is 1. The first kappa shape index (κ1) is 22.1. The molecule has 0 unspecified atom stereocenters. The third-order valence-electron chi connectivity index (χ3n) is 5.29. The van der Waals surface area contributed by atoms with Gasteiger partial charge in [0, 0.05) is 50.5 Å². The van der Waals surface area contributed by atoms with Crippen molar-refractivity contribution in [3.05, 3.63) is 24.3 Å². The maximum absolute atomic E-state index is 12.4. The quantitative estimate of drug-likeness (QED) is 0.715. The van der Waals surface area contributed by atoms with E-state index in [2.05, 4.69) is 9.80 Å². The Kier molecular flexibility index (Phi) is 6.31. The number of piperazine rings is 1. The molecule has 2 aromatic rings. The average Bonchev–Trinajstić information content (AvgIpc) is 2.79. The van der Waals surface area contributed by atoms with E-state index in [0.717, 1.165) is 18.7 Å². The fourth-order valence-corrected chi connectivity index (χ4v) is 3.58. The highest BCUT2D eigenvalue weighted by Gasteiger charge is 2.28. The molecule has 172 valence electrons. The summed E-state index contributed by atoms with van der Waals surface area (Å²) in [5.74, 6) is 1.85. The van der Waals surface area contributed by atoms with Gasteiger partial charge in [0.1, 0.15) is 5.60 Å². The molecule has 2 aliphatic heterocycles. The van der Waals surface area contributed by atoms with Gasteiger partial charge in [-0.25, -0.2) is 4.79 Å². The Labute approximate surface area is 188 Å². The van der Waals surface area contributed by atoms with Gasteiger partial charge in [0.2, 0.25) is 11.9 Å². The Bertz CT molecular complexity index is 932. The molecule has 0 radical (unpaired) electrons. The number of carbonyl (C=O) groups is 1. The molecule has 4 rings (SSSR count). The Hall–Kier alpha value is -3.14. The smallest absolute Gasteiger partial charge is 0.410 e. The number of nitrogens with two attached hydrogens (primary N) is 1. The van der Waals surface area contributed by atoms with Crippen molar-refractivity contribution in [2.45, 2.75) is 26.4 Å². The summed E-state index contributed by atoms with van der Waals surface area (Å²) in [6.45, 7) is 10.7. The highest BCUT2D eigenvalue weighted by atomic mass is 16.6. The summed E-state index contributed by atoms with van der Waals surface area (Å²) >= 11 is 0. The number of hydrogen-bond acceptors (Lipinski definition) is 9. The first-order valence-electron chi connectivity index (χ1n) is 11.0. The fraction of sp³-hybridized carbons (Fsp3) is 0.545. The molecule has 0 bridgehead atoms. The summed E-state index contributed by atoms with van der Waals surface area (Å²) in [7, 11) is 0. The van der Waals surface area contributed by atoms with Crippen molar-refractivity contribution in [3.63, 3.8) is 0 Å². The zero-order valence-corrected chi connectivity index (χ0v) is 19.0. The molecule has 0 aliphatic carbocycles. The Morgan fingerprint density at radius 3 is 2.03 bits per heavy atom. The highest BCUT2D eigenvalue weighted by Crippen LogP contribution is 2.24. The fourth-order valence-electron chi connectivity index (χ4n) is 3.58. The molecular formula is C22H31N7O3. The lowest BCUT2D eigenvalue weighted by Gasteiger charge is -2.36. The zero-order chi connectivity index (χ0) is 22.7. The van der Waals surface area contributed by atoms with Crippen LogP contribution in [-0.2, 0) is 9.47 Å². The second kappa shape index (κ2) is 9.15. The molecule has 1 aromatic carbocycles. The highest BCUT2D eigenvalue weighted by molar-refractivity contribution is 5.68. The molecule has 2 N–H and O–H groups in total. The van der Waals surface area contributed by atoms with E-state index in [9.17, 15) is 4.79 Å². The van der Waals surface area contributed by atoms with Crippen LogP contribution >= 0.6 is 0 Å². The van der Waals surface area contributed by atoms with Crippen molar-refractivity contribution in [1.29, 1.82) is 0 Å². The average molecular weight is 442 g/mol. The van der Waals surface area contributed by atoms with Gasteiger partial charge in [0.25, 0.3) is 0 Å². The number of carbonyl (C=O) groups excluding carboxylic acids is 1. The third kappa shape index (κ3) is 5.37. The molecule has 10 heteroatoms. The summed E-state index contributed by atoms with van der Waals surface area (Å²) in [4.78, 5) is 32.6. The van der Waals surface area contributed by atoms with Crippen LogP contribution in [0.3, 0.4) is 0 Å². The van der Waals surface area contributed by atoms with E-state index >= 15 is 0 Å². The SMILES string of the molecule is CC(C)(C)OC(=O)N1CCN(c2nc(-c3ccc(N)cc3)nc(N3CCOCC3)n2)CC1. The molecule has 0 atom stereocenters. The van der Waals surface area contributed by atoms with Gasteiger partial charge in [-0.3, -0.25) is 0 Å². The first-order valence-corrected chi connectivity index (χ1v) is 11.0. The van der Waals surface area contributed by atoms with Crippen LogP contribution in [0.1, 0.15) is 20.8 Å². The summed E-state index contributed by atoms with van der Waals surface area (Å²) in [6, 6.07) is 7.51. The van der Waals surface area contributed by atoms with Crippen molar-refractivity contribution in [3.8, 4) is 11.4 Å². The Morgan fingerprint density at radius 1 is 0.906 bits per heavy atom. The zero-order valence-electron chi connectivity index (χ0n) is 19.0. The number of rotatable bonds is 3. The van der Waals surface area contributed by atoms with E-state index in [1.54, 1.807) is 4.90 Å². The number of ether oxygens (including phenoxy) is 2. The van der Waals surface area contributed by atoms with Gasteiger partial charge in [-0.2, -0.15) is 15.0 Å². The molecule has 10 nitrogen and oxygen atoms in total. The van der Waals surface area contributed by atoms with Crippen LogP contribution in [0.5, 0.6) is 0 Å². The molecule has 2 saturated heterocycles. The van der Waals surface area contributed by atoms with Crippen LogP contribution in [0.4, 0.5) is 22.4 Å². The van der Waals surface area contributed by atoms with E-state index in [1.807, 2.05) is 45.0 Å². The molecule has 32 heavy (non-hydrogen) atoms. The minimum atomic E-state index is -0.510. The van der Waals surface area contributed by atoms with Gasteiger partial charge >= 0.3 is 6.09 Å². The summed E-state index contributed by atoms with van der Waals surface area (Å²) in [5, 5.41) is 0. The number of benzene rings is 1. The number of nitrogen functional groups attached to an aromatic ring is 1. The van der Waals surface area contributed by atoms with E-state index < -0.39 is 5.60 Å². The second-order valence-electron chi connectivity index (χ2n) is 8.93. The lowest BCUT2D eigenvalue weighted by molar-refractivity contribution is 0.0240. The normalized spacial score (nSPS) is 17.4. The van der Waals surface area contributed by atoms with E-state index in [1.165, 1.54) is 0 Å². The van der Waals surface area contributed by atoms with Crippen LogP contribution < -0.4 is 15.5 Å². The molecule has 1 amide bonds. The van der Waals surface area contributed by atoms with Crippen LogP contribution in [0.25, 0.3) is 11.4 Å². The minimum absolute atomic E-state index is 0.288. The maximum atomic E-state index is 12.4. The van der Waals surface area contributed by atoms with E-state index in [0.29, 0.717) is 62.8 Å². The third-order valence-corrected chi connectivity index (χ3v) is 5.29. The number of morpholine rings is 1. The van der Waals surface area contributed by atoms with Gasteiger partial charge in [-0.05, 0) is 45.0 Å². The molecule has 3 heterocycles. The standard InChI is InChI=1S/C22H31N7O3/c1-22(2,3)32-21(30)29-10-8-27(9-11-29)19-24-18(16-4-6-17(23)7-5-16)25-20(26-19)28-12-14-31-15-13-28/h4-7H,8-15,23H2,1-3H3. The van der Waals surface area contributed by atoms with Crippen molar-refractivity contribution in [1.82, 2.24) is 19.9 Å². The molecular weight excluding hydrogens is 410 g/mol. The molecule has 1 aromatic heterocycles. The maximum Gasteiger partial charge on any atom is 0.410 e. The van der Waals surface area contributed by atoms with Crippen molar-refractivity contribution in [2.24, 2.45) is 0 Å². The topological polar surface area (TPSA) is 110 Å². The van der Waals surface area contributed by atoms with Crippen molar-refractivity contribution >= 4 is 23.7 Å². The second-order valence-corrected chi connectivity index (χ2v) is 8.93. The van der Waals surface area contributed by atoms with Crippen molar-refractivity contribution < 1.29 is 14.3 Å². The first-order chi connectivity index (χ1) is 15.3. The monoisotopic (exact) mass is 441 g/mol. The van der Waals surface area contributed by atoms with Crippen molar-refractivity contribution in [2.75, 3.05) is 68.0 Å².